The van der Waals surface area contributed by atoms with Gasteiger partial charge in [-0.1, -0.05) is 122 Å². The molecule has 2 aliphatic heterocycles. The van der Waals surface area contributed by atoms with Gasteiger partial charge in [0.05, 0.1) is 32.0 Å². The van der Waals surface area contributed by atoms with Gasteiger partial charge in [0.1, 0.15) is 48.8 Å². The van der Waals surface area contributed by atoms with Crippen LogP contribution in [0.15, 0.2) is 24.3 Å². The molecule has 14 nitrogen and oxygen atoms in total. The van der Waals surface area contributed by atoms with E-state index in [0.717, 1.165) is 32.1 Å². The van der Waals surface area contributed by atoms with Crippen molar-refractivity contribution in [3.63, 3.8) is 0 Å². The van der Waals surface area contributed by atoms with Crippen molar-refractivity contribution in [1.29, 1.82) is 0 Å². The molecule has 0 aliphatic carbocycles. The minimum Gasteiger partial charge on any atom is -0.394 e. The Hall–Kier alpha value is -1.53. The molecule has 14 heteroatoms. The summed E-state index contributed by atoms with van der Waals surface area (Å²) in [6.07, 6.45) is 11.7. The van der Waals surface area contributed by atoms with Crippen LogP contribution in [0.3, 0.4) is 0 Å². The molecular formula is C41H75NO13. The SMILES string of the molecule is CCCCCCCCCCCCC/C=C/CC/C=C/C(O)C(COC1OC(CO)C(OC2OC(CO)C(O)C(O)C2O)C(O)C1O)NC(=O)CCCCCC. The average Bonchev–Trinajstić information content (AvgIpc) is 3.18. The van der Waals surface area contributed by atoms with Crippen LogP contribution in [-0.2, 0) is 23.7 Å². The molecule has 0 aromatic carbocycles. The number of carbonyl (C=O) groups is 1. The number of rotatable bonds is 30. The number of hydrogen-bond acceptors (Lipinski definition) is 13. The van der Waals surface area contributed by atoms with Crippen molar-refractivity contribution in [3.8, 4) is 0 Å². The summed E-state index contributed by atoms with van der Waals surface area (Å²) in [5.74, 6) is -0.270. The smallest absolute Gasteiger partial charge is 0.220 e. The van der Waals surface area contributed by atoms with Gasteiger partial charge in [-0.05, 0) is 32.1 Å². The summed E-state index contributed by atoms with van der Waals surface area (Å²) in [7, 11) is 0. The highest BCUT2D eigenvalue weighted by Gasteiger charge is 2.50. The second kappa shape index (κ2) is 29.6. The van der Waals surface area contributed by atoms with E-state index in [4.69, 9.17) is 18.9 Å². The summed E-state index contributed by atoms with van der Waals surface area (Å²) in [4.78, 5) is 12.8. The first kappa shape index (κ1) is 49.6. The van der Waals surface area contributed by atoms with Gasteiger partial charge < -0.3 is 65.1 Å². The van der Waals surface area contributed by atoms with E-state index in [-0.39, 0.29) is 18.9 Å². The Balaban J connectivity index is 1.87. The molecule has 2 fully saturated rings. The quantitative estimate of drug-likeness (QED) is 0.0377. The molecule has 0 aromatic heterocycles. The maximum Gasteiger partial charge on any atom is 0.220 e. The number of carbonyl (C=O) groups excluding carboxylic acids is 1. The molecule has 2 rings (SSSR count). The zero-order valence-corrected chi connectivity index (χ0v) is 33.4. The summed E-state index contributed by atoms with van der Waals surface area (Å²) >= 11 is 0. The topological polar surface area (TPSA) is 228 Å². The zero-order valence-electron chi connectivity index (χ0n) is 33.4. The Morgan fingerprint density at radius 2 is 1.16 bits per heavy atom. The second-order valence-electron chi connectivity index (χ2n) is 15.1. The van der Waals surface area contributed by atoms with Crippen LogP contribution in [-0.4, -0.2) is 140 Å². The number of aliphatic hydroxyl groups excluding tert-OH is 8. The first-order chi connectivity index (χ1) is 26.6. The molecule has 0 aromatic rings. The van der Waals surface area contributed by atoms with Crippen LogP contribution in [0.4, 0.5) is 0 Å². The van der Waals surface area contributed by atoms with Gasteiger partial charge in [-0.25, -0.2) is 0 Å². The molecule has 0 radical (unpaired) electrons. The number of unbranched alkanes of at least 4 members (excludes halogenated alkanes) is 15. The van der Waals surface area contributed by atoms with Crippen molar-refractivity contribution in [2.75, 3.05) is 19.8 Å². The van der Waals surface area contributed by atoms with Crippen LogP contribution in [0.2, 0.25) is 0 Å². The molecule has 0 spiro atoms. The Labute approximate surface area is 328 Å². The van der Waals surface area contributed by atoms with E-state index >= 15 is 0 Å². The molecule has 55 heavy (non-hydrogen) atoms. The molecule has 12 atom stereocenters. The monoisotopic (exact) mass is 790 g/mol. The van der Waals surface area contributed by atoms with Crippen molar-refractivity contribution in [2.24, 2.45) is 0 Å². The largest absolute Gasteiger partial charge is 0.394 e. The van der Waals surface area contributed by atoms with Gasteiger partial charge in [0, 0.05) is 6.42 Å². The Morgan fingerprint density at radius 3 is 1.78 bits per heavy atom. The average molecular weight is 790 g/mol. The fourth-order valence-electron chi connectivity index (χ4n) is 6.83. The third-order valence-corrected chi connectivity index (χ3v) is 10.4. The van der Waals surface area contributed by atoms with Gasteiger partial charge in [0.2, 0.25) is 5.91 Å². The normalized spacial score (nSPS) is 29.9. The Bertz CT molecular complexity index is 1030. The fourth-order valence-corrected chi connectivity index (χ4v) is 6.83. The van der Waals surface area contributed by atoms with Crippen molar-refractivity contribution in [2.45, 2.75) is 209 Å². The van der Waals surface area contributed by atoms with Gasteiger partial charge >= 0.3 is 0 Å². The highest BCUT2D eigenvalue weighted by atomic mass is 16.7. The van der Waals surface area contributed by atoms with Gasteiger partial charge in [-0.2, -0.15) is 0 Å². The van der Waals surface area contributed by atoms with E-state index in [2.05, 4.69) is 31.3 Å². The number of hydrogen-bond donors (Lipinski definition) is 9. The van der Waals surface area contributed by atoms with Gasteiger partial charge in [0.15, 0.2) is 12.6 Å². The Morgan fingerprint density at radius 1 is 0.636 bits per heavy atom. The fraction of sp³-hybridized carbons (Fsp3) is 0.878. The zero-order chi connectivity index (χ0) is 40.4. The second-order valence-corrected chi connectivity index (χ2v) is 15.1. The standard InChI is InChI=1S/C41H75NO13/c1-3-5-7-9-10-11-12-13-14-15-16-17-18-19-20-21-22-24-30(45)29(42-33(46)25-23-8-6-4-2)28-52-40-38(51)36(49)39(32(27-44)54-40)55-41-37(50)35(48)34(47)31(26-43)53-41/h18-19,22,24,29-32,34-41,43-45,47-51H,3-17,20-21,23,25-28H2,1-2H3,(H,42,46)/b19-18+,24-22+. The number of ether oxygens (including phenoxy) is 4. The molecule has 0 bridgehead atoms. The molecule has 322 valence electrons. The Kier molecular flexibility index (Phi) is 26.7. The summed E-state index contributed by atoms with van der Waals surface area (Å²) < 4.78 is 22.4. The lowest BCUT2D eigenvalue weighted by molar-refractivity contribution is -0.359. The van der Waals surface area contributed by atoms with Crippen LogP contribution in [0.5, 0.6) is 0 Å². The number of aliphatic hydroxyl groups is 8. The molecule has 12 unspecified atom stereocenters. The third-order valence-electron chi connectivity index (χ3n) is 10.4. The third kappa shape index (κ3) is 18.7. The molecule has 9 N–H and O–H groups in total. The first-order valence-corrected chi connectivity index (χ1v) is 21.1. The van der Waals surface area contributed by atoms with E-state index in [0.29, 0.717) is 12.8 Å². The van der Waals surface area contributed by atoms with Crippen molar-refractivity contribution < 1.29 is 64.6 Å². The van der Waals surface area contributed by atoms with Crippen LogP contribution >= 0.6 is 0 Å². The van der Waals surface area contributed by atoms with Crippen molar-refractivity contribution in [3.05, 3.63) is 24.3 Å². The van der Waals surface area contributed by atoms with E-state index in [1.165, 1.54) is 70.6 Å². The molecule has 2 saturated heterocycles. The van der Waals surface area contributed by atoms with Gasteiger partial charge in [-0.15, -0.1) is 0 Å². The lowest BCUT2D eigenvalue weighted by atomic mass is 9.97. The predicted octanol–water partition coefficient (Wildman–Crippen LogP) is 3.04. The first-order valence-electron chi connectivity index (χ1n) is 21.1. The van der Waals surface area contributed by atoms with Crippen molar-refractivity contribution in [1.82, 2.24) is 5.32 Å². The highest BCUT2D eigenvalue weighted by Crippen LogP contribution is 2.29. The van der Waals surface area contributed by atoms with Crippen LogP contribution in [0.1, 0.15) is 136 Å². The summed E-state index contributed by atoms with van der Waals surface area (Å²) in [6.45, 7) is 2.59. The molecule has 2 heterocycles. The predicted molar refractivity (Wildman–Crippen MR) is 208 cm³/mol. The van der Waals surface area contributed by atoms with E-state index < -0.39 is 86.8 Å². The molecule has 1 amide bonds. The minimum atomic E-state index is -1.79. The minimum absolute atomic E-state index is 0.266. The van der Waals surface area contributed by atoms with Gasteiger partial charge in [-0.3, -0.25) is 4.79 Å². The van der Waals surface area contributed by atoms with E-state index in [1.54, 1.807) is 6.08 Å². The molecular weight excluding hydrogens is 714 g/mol. The molecule has 0 saturated carbocycles. The summed E-state index contributed by atoms with van der Waals surface area (Å²) in [5, 5.41) is 85.8. The van der Waals surface area contributed by atoms with Gasteiger partial charge in [0.25, 0.3) is 0 Å². The van der Waals surface area contributed by atoms with Crippen LogP contribution < -0.4 is 5.32 Å². The van der Waals surface area contributed by atoms with Crippen LogP contribution in [0.25, 0.3) is 0 Å². The number of nitrogens with one attached hydrogen (secondary N) is 1. The molecule has 2 aliphatic rings. The summed E-state index contributed by atoms with van der Waals surface area (Å²) in [5.41, 5.74) is 0. The number of amides is 1. The van der Waals surface area contributed by atoms with E-state index in [1.807, 2.05) is 6.08 Å². The van der Waals surface area contributed by atoms with Crippen molar-refractivity contribution >= 4 is 5.91 Å². The highest BCUT2D eigenvalue weighted by molar-refractivity contribution is 5.76. The lowest BCUT2D eigenvalue weighted by Crippen LogP contribution is -2.65. The maximum absolute atomic E-state index is 12.8. The number of allylic oxidation sites excluding steroid dienone is 3. The van der Waals surface area contributed by atoms with E-state index in [9.17, 15) is 45.6 Å². The lowest BCUT2D eigenvalue weighted by Gasteiger charge is -2.46. The van der Waals surface area contributed by atoms with Crippen LogP contribution in [0, 0.1) is 0 Å². The maximum atomic E-state index is 12.8. The summed E-state index contributed by atoms with van der Waals surface area (Å²) in [6, 6.07) is -0.921.